The Kier molecular flexibility index (Phi) is 5.57. The summed E-state index contributed by atoms with van der Waals surface area (Å²) in [5.41, 5.74) is 1.33. The summed E-state index contributed by atoms with van der Waals surface area (Å²) in [4.78, 5) is 9.02. The number of allylic oxidation sites excluding steroid dienone is 1. The summed E-state index contributed by atoms with van der Waals surface area (Å²) in [6, 6.07) is 0. The zero-order valence-corrected chi connectivity index (χ0v) is 6.31. The Bertz CT molecular complexity index is 86.9. The first-order chi connectivity index (χ1) is 4.31. The summed E-state index contributed by atoms with van der Waals surface area (Å²) in [5.74, 6) is 0. The van der Waals surface area contributed by atoms with Crippen LogP contribution in [0.3, 0.4) is 0 Å². The lowest BCUT2D eigenvalue weighted by Gasteiger charge is -1.95. The smallest absolute Gasteiger partial charge is 0.101 e. The van der Waals surface area contributed by atoms with Crippen LogP contribution in [-0.4, -0.2) is 13.7 Å². The van der Waals surface area contributed by atoms with Gasteiger partial charge in [-0.2, -0.15) is 0 Å². The van der Waals surface area contributed by atoms with E-state index in [9.17, 15) is 0 Å². The van der Waals surface area contributed by atoms with Crippen LogP contribution in [0.25, 0.3) is 0 Å². The average Bonchev–Trinajstić information content (AvgIpc) is 1.89. The van der Waals surface area contributed by atoms with Crippen LogP contribution >= 0.6 is 0 Å². The van der Waals surface area contributed by atoms with Gasteiger partial charge in [-0.15, -0.1) is 0 Å². The molecular formula is C7H14O2. The minimum Gasteiger partial charge on any atom is -0.240 e. The number of hydrogen-bond donors (Lipinski definition) is 0. The van der Waals surface area contributed by atoms with Gasteiger partial charge in [-0.25, -0.2) is 9.78 Å². The third-order valence-electron chi connectivity index (χ3n) is 1.18. The molecule has 0 amide bonds. The summed E-state index contributed by atoms with van der Waals surface area (Å²) < 4.78 is 0. The molecule has 54 valence electrons. The molecule has 0 aromatic heterocycles. The van der Waals surface area contributed by atoms with Crippen LogP contribution < -0.4 is 0 Å². The van der Waals surface area contributed by atoms with E-state index < -0.39 is 0 Å². The lowest BCUT2D eigenvalue weighted by atomic mass is 10.2. The fourth-order valence-corrected chi connectivity index (χ4v) is 0.389. The molecule has 9 heavy (non-hydrogen) atoms. The van der Waals surface area contributed by atoms with Gasteiger partial charge in [-0.1, -0.05) is 18.6 Å². The molecular weight excluding hydrogens is 116 g/mol. The van der Waals surface area contributed by atoms with Gasteiger partial charge in [0.1, 0.15) is 6.61 Å². The van der Waals surface area contributed by atoms with Crippen molar-refractivity contribution >= 4 is 0 Å². The van der Waals surface area contributed by atoms with Crippen LogP contribution in [0.1, 0.15) is 20.3 Å². The van der Waals surface area contributed by atoms with Gasteiger partial charge in [0.15, 0.2) is 0 Å². The zero-order valence-electron chi connectivity index (χ0n) is 6.31. The molecule has 0 rings (SSSR count). The van der Waals surface area contributed by atoms with Crippen molar-refractivity contribution in [2.24, 2.45) is 0 Å². The highest BCUT2D eigenvalue weighted by Gasteiger charge is 1.82. The van der Waals surface area contributed by atoms with Crippen molar-refractivity contribution in [2.45, 2.75) is 20.3 Å². The van der Waals surface area contributed by atoms with Gasteiger partial charge in [0.05, 0.1) is 7.11 Å². The molecule has 0 heterocycles. The zero-order chi connectivity index (χ0) is 7.11. The number of rotatable bonds is 4. The van der Waals surface area contributed by atoms with E-state index in [0.717, 1.165) is 6.42 Å². The van der Waals surface area contributed by atoms with Gasteiger partial charge in [0.25, 0.3) is 0 Å². The van der Waals surface area contributed by atoms with E-state index in [1.807, 2.05) is 6.08 Å². The summed E-state index contributed by atoms with van der Waals surface area (Å²) in [7, 11) is 1.51. The normalized spacial score (nSPS) is 12.1. The highest BCUT2D eigenvalue weighted by Crippen LogP contribution is 1.96. The molecule has 0 bridgehead atoms. The maximum absolute atomic E-state index is 4.63. The number of hydrogen-bond acceptors (Lipinski definition) is 2. The molecule has 2 nitrogen and oxygen atoms in total. The van der Waals surface area contributed by atoms with Crippen molar-refractivity contribution in [3.63, 3.8) is 0 Å². The molecule has 0 aromatic carbocycles. The predicted molar refractivity (Wildman–Crippen MR) is 37.0 cm³/mol. The van der Waals surface area contributed by atoms with Gasteiger partial charge in [0, 0.05) is 0 Å². The highest BCUT2D eigenvalue weighted by molar-refractivity contribution is 4.96. The Morgan fingerprint density at radius 1 is 1.56 bits per heavy atom. The van der Waals surface area contributed by atoms with Gasteiger partial charge in [-0.05, 0) is 13.3 Å². The molecule has 0 N–H and O–H groups in total. The first kappa shape index (κ1) is 8.66. The maximum Gasteiger partial charge on any atom is 0.101 e. The second-order valence-corrected chi connectivity index (χ2v) is 1.86. The van der Waals surface area contributed by atoms with Crippen LogP contribution in [0.5, 0.6) is 0 Å². The van der Waals surface area contributed by atoms with E-state index in [0.29, 0.717) is 6.61 Å². The molecule has 2 heteroatoms. The molecule has 0 radical (unpaired) electrons. The van der Waals surface area contributed by atoms with E-state index in [2.05, 4.69) is 23.6 Å². The van der Waals surface area contributed by atoms with Gasteiger partial charge < -0.3 is 0 Å². The van der Waals surface area contributed by atoms with E-state index in [-0.39, 0.29) is 0 Å². The molecule has 0 atom stereocenters. The molecule has 0 fully saturated rings. The van der Waals surface area contributed by atoms with E-state index in [1.165, 1.54) is 12.7 Å². The van der Waals surface area contributed by atoms with Gasteiger partial charge in [-0.3, -0.25) is 0 Å². The van der Waals surface area contributed by atoms with Crippen molar-refractivity contribution < 1.29 is 9.78 Å². The summed E-state index contributed by atoms with van der Waals surface area (Å²) >= 11 is 0. The van der Waals surface area contributed by atoms with Crippen molar-refractivity contribution in [3.8, 4) is 0 Å². The topological polar surface area (TPSA) is 18.5 Å². The Morgan fingerprint density at radius 3 is 2.67 bits per heavy atom. The Balaban J connectivity index is 3.21. The van der Waals surface area contributed by atoms with Crippen molar-refractivity contribution in [3.05, 3.63) is 11.6 Å². The molecule has 0 aliphatic rings. The van der Waals surface area contributed by atoms with Crippen LogP contribution in [0.15, 0.2) is 11.6 Å². The third kappa shape index (κ3) is 5.53. The van der Waals surface area contributed by atoms with Crippen molar-refractivity contribution in [1.29, 1.82) is 0 Å². The third-order valence-corrected chi connectivity index (χ3v) is 1.18. The standard InChI is InChI=1S/C7H14O2/c1-4-7(2)5-6-9-8-3/h5H,4,6H2,1-3H3/b7-5+. The first-order valence-corrected chi connectivity index (χ1v) is 3.12. The van der Waals surface area contributed by atoms with Gasteiger partial charge >= 0.3 is 0 Å². The maximum atomic E-state index is 4.63. The average molecular weight is 130 g/mol. The Labute approximate surface area is 56.4 Å². The first-order valence-electron chi connectivity index (χ1n) is 3.12. The monoisotopic (exact) mass is 130 g/mol. The largest absolute Gasteiger partial charge is 0.240 e. The molecule has 0 aliphatic heterocycles. The lowest BCUT2D eigenvalue weighted by Crippen LogP contribution is -1.88. The fourth-order valence-electron chi connectivity index (χ4n) is 0.389. The minimum absolute atomic E-state index is 0.552. The quantitative estimate of drug-likeness (QED) is 0.250. The van der Waals surface area contributed by atoms with E-state index in [4.69, 9.17) is 0 Å². The van der Waals surface area contributed by atoms with Crippen LogP contribution in [-0.2, 0) is 9.78 Å². The second-order valence-electron chi connectivity index (χ2n) is 1.86. The fraction of sp³-hybridized carbons (Fsp3) is 0.714. The van der Waals surface area contributed by atoms with Crippen molar-refractivity contribution in [1.82, 2.24) is 0 Å². The van der Waals surface area contributed by atoms with Crippen LogP contribution in [0, 0.1) is 0 Å². The lowest BCUT2D eigenvalue weighted by molar-refractivity contribution is -0.263. The summed E-state index contributed by atoms with van der Waals surface area (Å²) in [5, 5.41) is 0. The molecule has 0 aliphatic carbocycles. The molecule has 0 saturated carbocycles. The van der Waals surface area contributed by atoms with E-state index >= 15 is 0 Å². The van der Waals surface area contributed by atoms with Crippen LogP contribution in [0.4, 0.5) is 0 Å². The molecule has 0 saturated heterocycles. The highest BCUT2D eigenvalue weighted by atomic mass is 17.2. The van der Waals surface area contributed by atoms with Crippen LogP contribution in [0.2, 0.25) is 0 Å². The predicted octanol–water partition coefficient (Wildman–Crippen LogP) is 1.92. The summed E-state index contributed by atoms with van der Waals surface area (Å²) in [6.45, 7) is 4.73. The minimum atomic E-state index is 0.552. The summed E-state index contributed by atoms with van der Waals surface area (Å²) in [6.07, 6.45) is 3.08. The Morgan fingerprint density at radius 2 is 2.22 bits per heavy atom. The molecule has 0 unspecified atom stereocenters. The second kappa shape index (κ2) is 5.79. The molecule has 0 aromatic rings. The van der Waals surface area contributed by atoms with E-state index in [1.54, 1.807) is 0 Å². The Hall–Kier alpha value is -0.340. The molecule has 0 spiro atoms. The van der Waals surface area contributed by atoms with Gasteiger partial charge in [0.2, 0.25) is 0 Å². The van der Waals surface area contributed by atoms with Crippen molar-refractivity contribution in [2.75, 3.05) is 13.7 Å². The SMILES string of the molecule is CC/C(C)=C/COOC.